The highest BCUT2D eigenvalue weighted by molar-refractivity contribution is 6.02. The molecule has 3 heterocycles. The van der Waals surface area contributed by atoms with Crippen LogP contribution in [0.15, 0.2) is 30.3 Å². The summed E-state index contributed by atoms with van der Waals surface area (Å²) >= 11 is 0. The van der Waals surface area contributed by atoms with E-state index < -0.39 is 35.1 Å². The van der Waals surface area contributed by atoms with Crippen molar-refractivity contribution in [3.63, 3.8) is 0 Å². The molecule has 0 aromatic heterocycles. The summed E-state index contributed by atoms with van der Waals surface area (Å²) < 4.78 is 6.73. The van der Waals surface area contributed by atoms with Gasteiger partial charge in [0.15, 0.2) is 0 Å². The van der Waals surface area contributed by atoms with Gasteiger partial charge in [-0.3, -0.25) is 14.4 Å². The minimum atomic E-state index is -1.07. The molecular formula is C27H39N3O5. The Balaban J connectivity index is 1.70. The first kappa shape index (κ1) is 25.6. The number of ether oxygens (including phenoxy) is 1. The predicted octanol–water partition coefficient (Wildman–Crippen LogP) is 2.86. The van der Waals surface area contributed by atoms with Crippen LogP contribution in [0.2, 0.25) is 0 Å². The monoisotopic (exact) mass is 485 g/mol. The Morgan fingerprint density at radius 2 is 1.89 bits per heavy atom. The lowest BCUT2D eigenvalue weighted by atomic mass is 9.65. The number of fused-ring (bicyclic) bond motifs is 1. The van der Waals surface area contributed by atoms with Crippen LogP contribution in [0.3, 0.4) is 0 Å². The normalized spacial score (nSPS) is 31.9. The quantitative estimate of drug-likeness (QED) is 0.418. The van der Waals surface area contributed by atoms with Gasteiger partial charge in [0.05, 0.1) is 30.1 Å². The fourth-order valence-electron chi connectivity index (χ4n) is 6.59. The maximum atomic E-state index is 14.0. The van der Waals surface area contributed by atoms with E-state index in [4.69, 9.17) is 4.74 Å². The van der Waals surface area contributed by atoms with Crippen molar-refractivity contribution < 1.29 is 24.2 Å². The Hall–Kier alpha value is -2.45. The molecule has 1 spiro atoms. The second-order valence-electron chi connectivity index (χ2n) is 10.2. The summed E-state index contributed by atoms with van der Waals surface area (Å²) in [6.45, 7) is 6.25. The van der Waals surface area contributed by atoms with Crippen molar-refractivity contribution in [2.24, 2.45) is 11.8 Å². The third kappa shape index (κ3) is 4.14. The van der Waals surface area contributed by atoms with Crippen molar-refractivity contribution >= 4 is 23.4 Å². The number of para-hydroxylation sites is 1. The van der Waals surface area contributed by atoms with Crippen LogP contribution in [0, 0.1) is 11.8 Å². The summed E-state index contributed by atoms with van der Waals surface area (Å²) in [5.74, 6) is -2.22. The molecule has 3 aliphatic rings. The maximum absolute atomic E-state index is 14.0. The van der Waals surface area contributed by atoms with Gasteiger partial charge in [-0.1, -0.05) is 51.8 Å². The molecule has 3 amide bonds. The lowest BCUT2D eigenvalue weighted by molar-refractivity contribution is -0.150. The SMILES string of the molecule is CCCCCNC(=O)C1N([C@@H](CC)CO)C(=O)[C@@H]2[C@@H](C(=O)Nc3ccccc3)[C@@]3(CC)CCC12O3. The molecule has 2 unspecified atom stereocenters. The van der Waals surface area contributed by atoms with Crippen LogP contribution in [0.1, 0.15) is 65.7 Å². The lowest BCUT2D eigenvalue weighted by Gasteiger charge is -2.37. The molecule has 3 aliphatic heterocycles. The highest BCUT2D eigenvalue weighted by Gasteiger charge is 2.79. The first-order chi connectivity index (χ1) is 16.9. The van der Waals surface area contributed by atoms with E-state index in [1.54, 1.807) is 0 Å². The van der Waals surface area contributed by atoms with E-state index in [1.165, 1.54) is 4.90 Å². The van der Waals surface area contributed by atoms with E-state index in [0.717, 1.165) is 19.3 Å². The van der Waals surface area contributed by atoms with Crippen LogP contribution >= 0.6 is 0 Å². The minimum absolute atomic E-state index is 0.246. The fourth-order valence-corrected chi connectivity index (χ4v) is 6.59. The smallest absolute Gasteiger partial charge is 0.245 e. The number of amides is 3. The number of unbranched alkanes of at least 4 members (excludes halogenated alkanes) is 2. The number of hydrogen-bond acceptors (Lipinski definition) is 5. The Labute approximate surface area is 207 Å². The zero-order chi connectivity index (χ0) is 25.2. The van der Waals surface area contributed by atoms with Crippen molar-refractivity contribution in [1.29, 1.82) is 0 Å². The highest BCUT2D eigenvalue weighted by Crippen LogP contribution is 2.64. The summed E-state index contributed by atoms with van der Waals surface area (Å²) in [5, 5.41) is 16.1. The second kappa shape index (κ2) is 10.3. The van der Waals surface area contributed by atoms with Crippen molar-refractivity contribution in [2.75, 3.05) is 18.5 Å². The molecule has 1 aromatic rings. The number of likely N-dealkylation sites (tertiary alicyclic amines) is 1. The number of carbonyl (C=O) groups is 3. The van der Waals surface area contributed by atoms with Gasteiger partial charge in [0.1, 0.15) is 11.6 Å². The predicted molar refractivity (Wildman–Crippen MR) is 132 cm³/mol. The molecule has 1 aromatic carbocycles. The molecule has 3 saturated heterocycles. The summed E-state index contributed by atoms with van der Waals surface area (Å²) in [5.41, 5.74) is -1.19. The number of carbonyl (C=O) groups excluding carboxylic acids is 3. The molecule has 2 bridgehead atoms. The molecule has 6 atom stereocenters. The van der Waals surface area contributed by atoms with Crippen molar-refractivity contribution in [3.05, 3.63) is 30.3 Å². The fraction of sp³-hybridized carbons (Fsp3) is 0.667. The molecule has 0 saturated carbocycles. The van der Waals surface area contributed by atoms with Gasteiger partial charge < -0.3 is 25.4 Å². The number of rotatable bonds is 11. The van der Waals surface area contributed by atoms with Gasteiger partial charge in [-0.25, -0.2) is 0 Å². The van der Waals surface area contributed by atoms with Crippen molar-refractivity contribution in [3.8, 4) is 0 Å². The number of aliphatic hydroxyl groups is 1. The zero-order valence-electron chi connectivity index (χ0n) is 21.1. The summed E-state index contributed by atoms with van der Waals surface area (Å²) in [6, 6.07) is 7.83. The third-order valence-electron chi connectivity index (χ3n) is 8.35. The van der Waals surface area contributed by atoms with E-state index >= 15 is 0 Å². The Kier molecular flexibility index (Phi) is 7.52. The first-order valence-electron chi connectivity index (χ1n) is 13.2. The Morgan fingerprint density at radius 1 is 1.14 bits per heavy atom. The zero-order valence-corrected chi connectivity index (χ0v) is 21.1. The molecule has 3 N–H and O–H groups in total. The molecule has 8 heteroatoms. The van der Waals surface area contributed by atoms with Gasteiger partial charge in [-0.2, -0.15) is 0 Å². The Bertz CT molecular complexity index is 936. The molecule has 0 aliphatic carbocycles. The van der Waals surface area contributed by atoms with E-state index in [-0.39, 0.29) is 24.3 Å². The van der Waals surface area contributed by atoms with E-state index in [1.807, 2.05) is 44.2 Å². The van der Waals surface area contributed by atoms with E-state index in [0.29, 0.717) is 37.9 Å². The number of nitrogens with one attached hydrogen (secondary N) is 2. The number of nitrogens with zero attached hydrogens (tertiary/aromatic N) is 1. The highest BCUT2D eigenvalue weighted by atomic mass is 16.5. The maximum Gasteiger partial charge on any atom is 0.245 e. The molecule has 35 heavy (non-hydrogen) atoms. The third-order valence-corrected chi connectivity index (χ3v) is 8.35. The average Bonchev–Trinajstić information content (AvgIpc) is 3.47. The number of aliphatic hydroxyl groups excluding tert-OH is 1. The van der Waals surface area contributed by atoms with Gasteiger partial charge >= 0.3 is 0 Å². The molecule has 4 rings (SSSR count). The van der Waals surface area contributed by atoms with Crippen molar-refractivity contribution in [2.45, 2.75) is 89.0 Å². The van der Waals surface area contributed by atoms with Crippen LogP contribution < -0.4 is 10.6 Å². The van der Waals surface area contributed by atoms with Gasteiger partial charge in [-0.05, 0) is 44.2 Å². The summed E-state index contributed by atoms with van der Waals surface area (Å²) in [4.78, 5) is 42.9. The van der Waals surface area contributed by atoms with E-state index in [9.17, 15) is 19.5 Å². The number of benzene rings is 1. The molecular weight excluding hydrogens is 446 g/mol. The van der Waals surface area contributed by atoms with Crippen LogP contribution in [0.4, 0.5) is 5.69 Å². The van der Waals surface area contributed by atoms with Crippen molar-refractivity contribution in [1.82, 2.24) is 10.2 Å². The number of anilines is 1. The molecule has 192 valence electrons. The largest absolute Gasteiger partial charge is 0.394 e. The summed E-state index contributed by atoms with van der Waals surface area (Å²) in [7, 11) is 0. The second-order valence-corrected chi connectivity index (χ2v) is 10.2. The molecule has 0 radical (unpaired) electrons. The van der Waals surface area contributed by atoms with Crippen LogP contribution in [0.5, 0.6) is 0 Å². The van der Waals surface area contributed by atoms with Gasteiger partial charge in [0.25, 0.3) is 0 Å². The van der Waals surface area contributed by atoms with Gasteiger partial charge in [-0.15, -0.1) is 0 Å². The van der Waals surface area contributed by atoms with Gasteiger partial charge in [0.2, 0.25) is 17.7 Å². The van der Waals surface area contributed by atoms with Gasteiger partial charge in [0, 0.05) is 12.2 Å². The molecule has 8 nitrogen and oxygen atoms in total. The minimum Gasteiger partial charge on any atom is -0.394 e. The van der Waals surface area contributed by atoms with Crippen LogP contribution in [-0.4, -0.2) is 64.2 Å². The topological polar surface area (TPSA) is 108 Å². The van der Waals surface area contributed by atoms with Crippen LogP contribution in [-0.2, 0) is 19.1 Å². The number of hydrogen-bond donors (Lipinski definition) is 3. The average molecular weight is 486 g/mol. The Morgan fingerprint density at radius 3 is 2.51 bits per heavy atom. The summed E-state index contributed by atoms with van der Waals surface area (Å²) in [6.07, 6.45) is 5.14. The van der Waals surface area contributed by atoms with E-state index in [2.05, 4.69) is 17.6 Å². The first-order valence-corrected chi connectivity index (χ1v) is 13.2. The van der Waals surface area contributed by atoms with Crippen LogP contribution in [0.25, 0.3) is 0 Å². The standard InChI is InChI=1S/C27H39N3O5/c1-4-7-11-16-28-24(33)22-27-15-14-26(6-3,35-27)20(23(32)29-18-12-9-8-10-13-18)21(27)25(34)30(22)19(5-2)17-31/h8-10,12-13,19-22,31H,4-7,11,14-17H2,1-3H3,(H,28,33)(H,29,32)/t19-,20-,21-,22?,26+,27?/m0/s1. The molecule has 3 fully saturated rings. The lowest BCUT2D eigenvalue weighted by Crippen LogP contribution is -2.58.